The van der Waals surface area contributed by atoms with Crippen molar-refractivity contribution < 1.29 is 19.0 Å². The first-order chi connectivity index (χ1) is 9.22. The molecular formula is C14H22FNO3. The Bertz CT molecular complexity index is 349. The van der Waals surface area contributed by atoms with E-state index in [1.165, 1.54) is 12.1 Å². The molecule has 0 saturated heterocycles. The predicted octanol–water partition coefficient (Wildman–Crippen LogP) is 0.982. The van der Waals surface area contributed by atoms with Gasteiger partial charge in [0.1, 0.15) is 5.82 Å². The van der Waals surface area contributed by atoms with Gasteiger partial charge < -0.3 is 19.9 Å². The van der Waals surface area contributed by atoms with E-state index in [4.69, 9.17) is 9.47 Å². The Labute approximate surface area is 113 Å². The third-order valence-electron chi connectivity index (χ3n) is 2.60. The van der Waals surface area contributed by atoms with Crippen LogP contribution in [0.25, 0.3) is 0 Å². The lowest BCUT2D eigenvalue weighted by Crippen LogP contribution is -2.32. The summed E-state index contributed by atoms with van der Waals surface area (Å²) in [6.07, 6.45) is 0.194. The maximum atomic E-state index is 12.9. The molecule has 108 valence electrons. The Hall–Kier alpha value is -1.01. The maximum absolute atomic E-state index is 12.9. The van der Waals surface area contributed by atoms with Crippen LogP contribution >= 0.6 is 0 Å². The van der Waals surface area contributed by atoms with Crippen molar-refractivity contribution in [3.63, 3.8) is 0 Å². The van der Waals surface area contributed by atoms with Crippen molar-refractivity contribution in [2.75, 3.05) is 40.0 Å². The Morgan fingerprint density at radius 2 is 2.21 bits per heavy atom. The van der Waals surface area contributed by atoms with Gasteiger partial charge in [-0.25, -0.2) is 4.39 Å². The lowest BCUT2D eigenvalue weighted by molar-refractivity contribution is 0.0139. The van der Waals surface area contributed by atoms with E-state index in [0.717, 1.165) is 12.0 Å². The molecular weight excluding hydrogens is 249 g/mol. The molecule has 0 radical (unpaired) electrons. The second-order valence-corrected chi connectivity index (χ2v) is 4.31. The molecule has 1 rings (SSSR count). The van der Waals surface area contributed by atoms with Gasteiger partial charge in [0.2, 0.25) is 0 Å². The Morgan fingerprint density at radius 3 is 2.95 bits per heavy atom. The number of rotatable bonds is 10. The molecule has 0 bridgehead atoms. The van der Waals surface area contributed by atoms with Gasteiger partial charge in [-0.15, -0.1) is 0 Å². The molecule has 0 aliphatic rings. The minimum atomic E-state index is -0.538. The standard InChI is InChI=1S/C14H22FNO3/c1-18-7-8-19-11-14(17)10-16-6-5-12-3-2-4-13(15)9-12/h2-4,9,14,16-17H,5-8,10-11H2,1H3. The molecule has 19 heavy (non-hydrogen) atoms. The summed E-state index contributed by atoms with van der Waals surface area (Å²) < 4.78 is 22.9. The zero-order valence-corrected chi connectivity index (χ0v) is 11.3. The molecule has 0 aliphatic heterocycles. The second kappa shape index (κ2) is 9.86. The van der Waals surface area contributed by atoms with E-state index in [-0.39, 0.29) is 12.4 Å². The quantitative estimate of drug-likeness (QED) is 0.623. The molecule has 0 heterocycles. The molecule has 0 saturated carbocycles. The van der Waals surface area contributed by atoms with Crippen LogP contribution in [0, 0.1) is 5.82 Å². The number of benzene rings is 1. The van der Waals surface area contributed by atoms with Crippen LogP contribution in [0.2, 0.25) is 0 Å². The van der Waals surface area contributed by atoms with Crippen LogP contribution in [-0.2, 0) is 15.9 Å². The van der Waals surface area contributed by atoms with E-state index < -0.39 is 6.10 Å². The van der Waals surface area contributed by atoms with Gasteiger partial charge in [-0.3, -0.25) is 0 Å². The first-order valence-corrected chi connectivity index (χ1v) is 6.42. The van der Waals surface area contributed by atoms with Crippen LogP contribution in [0.4, 0.5) is 4.39 Å². The van der Waals surface area contributed by atoms with Crippen LogP contribution in [0.15, 0.2) is 24.3 Å². The molecule has 0 fully saturated rings. The lowest BCUT2D eigenvalue weighted by Gasteiger charge is -2.12. The van der Waals surface area contributed by atoms with Crippen LogP contribution in [0.3, 0.4) is 0 Å². The molecule has 0 aliphatic carbocycles. The van der Waals surface area contributed by atoms with Gasteiger partial charge in [0, 0.05) is 13.7 Å². The Morgan fingerprint density at radius 1 is 1.37 bits per heavy atom. The summed E-state index contributed by atoms with van der Waals surface area (Å²) in [5, 5.41) is 12.7. The number of hydrogen-bond acceptors (Lipinski definition) is 4. The monoisotopic (exact) mass is 271 g/mol. The summed E-state index contributed by atoms with van der Waals surface area (Å²) in [6.45, 7) is 2.45. The summed E-state index contributed by atoms with van der Waals surface area (Å²) in [4.78, 5) is 0. The molecule has 0 amide bonds. The minimum Gasteiger partial charge on any atom is -0.389 e. The molecule has 1 aromatic rings. The highest BCUT2D eigenvalue weighted by molar-refractivity contribution is 5.16. The zero-order valence-electron chi connectivity index (χ0n) is 11.3. The SMILES string of the molecule is COCCOCC(O)CNCCc1cccc(F)c1. The van der Waals surface area contributed by atoms with Crippen molar-refractivity contribution in [2.24, 2.45) is 0 Å². The van der Waals surface area contributed by atoms with Crippen LogP contribution in [0.1, 0.15) is 5.56 Å². The fraction of sp³-hybridized carbons (Fsp3) is 0.571. The maximum Gasteiger partial charge on any atom is 0.123 e. The Balaban J connectivity index is 2.03. The minimum absolute atomic E-state index is 0.218. The van der Waals surface area contributed by atoms with Gasteiger partial charge in [0.15, 0.2) is 0 Å². The number of methoxy groups -OCH3 is 1. The zero-order chi connectivity index (χ0) is 13.9. The third-order valence-corrected chi connectivity index (χ3v) is 2.60. The fourth-order valence-corrected chi connectivity index (χ4v) is 1.61. The fourth-order valence-electron chi connectivity index (χ4n) is 1.61. The first-order valence-electron chi connectivity index (χ1n) is 6.42. The van der Waals surface area contributed by atoms with Gasteiger partial charge in [-0.1, -0.05) is 12.1 Å². The van der Waals surface area contributed by atoms with Crippen LogP contribution in [-0.4, -0.2) is 51.2 Å². The number of aliphatic hydroxyl groups excluding tert-OH is 1. The van der Waals surface area contributed by atoms with E-state index in [1.54, 1.807) is 13.2 Å². The number of aliphatic hydroxyl groups is 1. The van der Waals surface area contributed by atoms with Gasteiger partial charge >= 0.3 is 0 Å². The van der Waals surface area contributed by atoms with E-state index in [1.807, 2.05) is 6.07 Å². The number of hydrogen-bond donors (Lipinski definition) is 2. The van der Waals surface area contributed by atoms with E-state index in [0.29, 0.717) is 26.3 Å². The van der Waals surface area contributed by atoms with E-state index in [2.05, 4.69) is 5.32 Å². The second-order valence-electron chi connectivity index (χ2n) is 4.31. The van der Waals surface area contributed by atoms with Crippen molar-refractivity contribution >= 4 is 0 Å². The average molecular weight is 271 g/mol. The van der Waals surface area contributed by atoms with Gasteiger partial charge in [-0.2, -0.15) is 0 Å². The molecule has 0 aromatic heterocycles. The summed E-state index contributed by atoms with van der Waals surface area (Å²) >= 11 is 0. The highest BCUT2D eigenvalue weighted by Gasteiger charge is 2.03. The third kappa shape index (κ3) is 7.89. The van der Waals surface area contributed by atoms with Crippen molar-refractivity contribution in [1.82, 2.24) is 5.32 Å². The molecule has 1 aromatic carbocycles. The largest absolute Gasteiger partial charge is 0.389 e. The summed E-state index contributed by atoms with van der Waals surface area (Å²) in [5.41, 5.74) is 0.943. The molecule has 4 nitrogen and oxygen atoms in total. The van der Waals surface area contributed by atoms with E-state index in [9.17, 15) is 9.50 Å². The van der Waals surface area contributed by atoms with Gasteiger partial charge in [0.25, 0.3) is 0 Å². The predicted molar refractivity (Wildman–Crippen MR) is 71.7 cm³/mol. The van der Waals surface area contributed by atoms with Gasteiger partial charge in [-0.05, 0) is 30.7 Å². The molecule has 1 unspecified atom stereocenters. The summed E-state index contributed by atoms with van der Waals surface area (Å²) in [7, 11) is 1.60. The van der Waals surface area contributed by atoms with Gasteiger partial charge in [0.05, 0.1) is 25.9 Å². The number of nitrogens with one attached hydrogen (secondary N) is 1. The van der Waals surface area contributed by atoms with E-state index >= 15 is 0 Å². The molecule has 0 spiro atoms. The molecule has 2 N–H and O–H groups in total. The van der Waals surface area contributed by atoms with Crippen molar-refractivity contribution in [2.45, 2.75) is 12.5 Å². The van der Waals surface area contributed by atoms with Crippen molar-refractivity contribution in [3.05, 3.63) is 35.6 Å². The summed E-state index contributed by atoms with van der Waals surface area (Å²) in [6, 6.07) is 6.53. The average Bonchev–Trinajstić information content (AvgIpc) is 2.40. The Kier molecular flexibility index (Phi) is 8.33. The number of ether oxygens (including phenoxy) is 2. The smallest absolute Gasteiger partial charge is 0.123 e. The molecule has 5 heteroatoms. The van der Waals surface area contributed by atoms with Crippen molar-refractivity contribution in [3.8, 4) is 0 Å². The lowest BCUT2D eigenvalue weighted by atomic mass is 10.1. The van der Waals surface area contributed by atoms with Crippen LogP contribution in [0.5, 0.6) is 0 Å². The number of halogens is 1. The normalized spacial score (nSPS) is 12.6. The first kappa shape index (κ1) is 16.0. The summed E-state index contributed by atoms with van der Waals surface area (Å²) in [5.74, 6) is -0.218. The topological polar surface area (TPSA) is 50.7 Å². The molecule has 1 atom stereocenters. The highest BCUT2D eigenvalue weighted by Crippen LogP contribution is 2.03. The highest BCUT2D eigenvalue weighted by atomic mass is 19.1. The van der Waals surface area contributed by atoms with Crippen molar-refractivity contribution in [1.29, 1.82) is 0 Å². The van der Waals surface area contributed by atoms with Crippen LogP contribution < -0.4 is 5.32 Å².